The Morgan fingerprint density at radius 1 is 0.667 bits per heavy atom. The molecule has 0 unspecified atom stereocenters. The molecule has 0 heterocycles. The van der Waals surface area contributed by atoms with E-state index in [1.807, 2.05) is 0 Å². The Morgan fingerprint density at radius 2 is 1.22 bits per heavy atom. The van der Waals surface area contributed by atoms with Crippen LogP contribution in [0.2, 0.25) is 0 Å². The molecular formula is C15H32O3. The number of rotatable bonds is 9. The van der Waals surface area contributed by atoms with E-state index in [4.69, 9.17) is 14.2 Å². The average molecular weight is 260 g/mol. The van der Waals surface area contributed by atoms with Crippen molar-refractivity contribution in [3.05, 3.63) is 0 Å². The van der Waals surface area contributed by atoms with Crippen molar-refractivity contribution in [2.45, 2.75) is 60.0 Å². The van der Waals surface area contributed by atoms with E-state index in [2.05, 4.69) is 41.5 Å². The Balaban J connectivity index is 3.13. The normalized spacial score (nSPS) is 13.0. The molecule has 0 radical (unpaired) electrons. The SMILES string of the molecule is CC(C)(C)CCOCCOCCCOC(C)(C)C. The lowest BCUT2D eigenvalue weighted by Crippen LogP contribution is -2.20. The van der Waals surface area contributed by atoms with E-state index in [0.717, 1.165) is 32.7 Å². The number of hydrogen-bond donors (Lipinski definition) is 0. The summed E-state index contributed by atoms with van der Waals surface area (Å²) in [4.78, 5) is 0. The van der Waals surface area contributed by atoms with Gasteiger partial charge in [0, 0.05) is 19.8 Å². The van der Waals surface area contributed by atoms with Crippen molar-refractivity contribution in [2.75, 3.05) is 33.0 Å². The molecular weight excluding hydrogens is 228 g/mol. The molecule has 0 N–H and O–H groups in total. The molecule has 0 aliphatic rings. The second-order valence-corrected chi connectivity index (χ2v) is 6.85. The summed E-state index contributed by atoms with van der Waals surface area (Å²) in [6, 6.07) is 0. The van der Waals surface area contributed by atoms with Crippen LogP contribution in [0.5, 0.6) is 0 Å². The molecule has 0 aromatic carbocycles. The van der Waals surface area contributed by atoms with E-state index in [1.54, 1.807) is 0 Å². The molecule has 0 bridgehead atoms. The Kier molecular flexibility index (Phi) is 8.83. The smallest absolute Gasteiger partial charge is 0.0700 e. The lowest BCUT2D eigenvalue weighted by molar-refractivity contribution is -0.0189. The summed E-state index contributed by atoms with van der Waals surface area (Å²) in [5.41, 5.74) is 0.307. The maximum atomic E-state index is 5.60. The molecule has 3 nitrogen and oxygen atoms in total. The van der Waals surface area contributed by atoms with Gasteiger partial charge in [0.05, 0.1) is 18.8 Å². The molecule has 0 aliphatic carbocycles. The summed E-state index contributed by atoms with van der Waals surface area (Å²) in [5, 5.41) is 0. The largest absolute Gasteiger partial charge is 0.379 e. The third kappa shape index (κ3) is 15.9. The van der Waals surface area contributed by atoms with Gasteiger partial charge in [-0.05, 0) is 39.0 Å². The van der Waals surface area contributed by atoms with Crippen LogP contribution in [-0.2, 0) is 14.2 Å². The quantitative estimate of drug-likeness (QED) is 0.592. The van der Waals surface area contributed by atoms with Crippen molar-refractivity contribution in [1.82, 2.24) is 0 Å². The fraction of sp³-hybridized carbons (Fsp3) is 1.00. The van der Waals surface area contributed by atoms with Gasteiger partial charge in [0.25, 0.3) is 0 Å². The molecule has 0 saturated carbocycles. The maximum Gasteiger partial charge on any atom is 0.0700 e. The molecule has 110 valence electrons. The van der Waals surface area contributed by atoms with Crippen LogP contribution in [0.15, 0.2) is 0 Å². The van der Waals surface area contributed by atoms with Gasteiger partial charge in [0.15, 0.2) is 0 Å². The standard InChI is InChI=1S/C15H32O3/c1-14(2,3)8-11-17-13-12-16-9-7-10-18-15(4,5)6/h7-13H2,1-6H3. The minimum atomic E-state index is -0.0456. The summed E-state index contributed by atoms with van der Waals surface area (Å²) in [6.45, 7) is 16.6. The molecule has 0 atom stereocenters. The predicted octanol–water partition coefficient (Wildman–Crippen LogP) is 3.66. The van der Waals surface area contributed by atoms with E-state index in [9.17, 15) is 0 Å². The van der Waals surface area contributed by atoms with Crippen molar-refractivity contribution in [3.8, 4) is 0 Å². The van der Waals surface area contributed by atoms with Crippen molar-refractivity contribution in [2.24, 2.45) is 5.41 Å². The van der Waals surface area contributed by atoms with Gasteiger partial charge in [-0.3, -0.25) is 0 Å². The third-order valence-electron chi connectivity index (χ3n) is 2.34. The van der Waals surface area contributed by atoms with Crippen LogP contribution >= 0.6 is 0 Å². The van der Waals surface area contributed by atoms with Gasteiger partial charge in [-0.1, -0.05) is 20.8 Å². The zero-order chi connectivity index (χ0) is 14.1. The van der Waals surface area contributed by atoms with Crippen molar-refractivity contribution in [3.63, 3.8) is 0 Å². The molecule has 18 heavy (non-hydrogen) atoms. The van der Waals surface area contributed by atoms with Gasteiger partial charge in [-0.25, -0.2) is 0 Å². The average Bonchev–Trinajstić information content (AvgIpc) is 2.17. The van der Waals surface area contributed by atoms with E-state index >= 15 is 0 Å². The van der Waals surface area contributed by atoms with E-state index in [1.165, 1.54) is 0 Å². The summed E-state index contributed by atoms with van der Waals surface area (Å²) < 4.78 is 16.6. The number of hydrogen-bond acceptors (Lipinski definition) is 3. The van der Waals surface area contributed by atoms with Crippen molar-refractivity contribution >= 4 is 0 Å². The van der Waals surface area contributed by atoms with Gasteiger partial charge in [-0.15, -0.1) is 0 Å². The first kappa shape index (κ1) is 17.9. The molecule has 0 aromatic rings. The summed E-state index contributed by atoms with van der Waals surface area (Å²) in [7, 11) is 0. The molecule has 0 rings (SSSR count). The van der Waals surface area contributed by atoms with Crippen LogP contribution in [0.3, 0.4) is 0 Å². The fourth-order valence-electron chi connectivity index (χ4n) is 1.24. The van der Waals surface area contributed by atoms with E-state index in [0.29, 0.717) is 18.6 Å². The first-order chi connectivity index (χ1) is 8.21. The van der Waals surface area contributed by atoms with Gasteiger partial charge in [0.1, 0.15) is 0 Å². The maximum absolute atomic E-state index is 5.60. The van der Waals surface area contributed by atoms with E-state index < -0.39 is 0 Å². The highest BCUT2D eigenvalue weighted by molar-refractivity contribution is 4.60. The van der Waals surface area contributed by atoms with E-state index in [-0.39, 0.29) is 5.60 Å². The van der Waals surface area contributed by atoms with Crippen molar-refractivity contribution in [1.29, 1.82) is 0 Å². The third-order valence-corrected chi connectivity index (χ3v) is 2.34. The molecule has 0 spiro atoms. The summed E-state index contributed by atoms with van der Waals surface area (Å²) >= 11 is 0. The summed E-state index contributed by atoms with van der Waals surface area (Å²) in [6.07, 6.45) is 2.03. The molecule has 0 amide bonds. The predicted molar refractivity (Wildman–Crippen MR) is 76.0 cm³/mol. The van der Waals surface area contributed by atoms with Crippen LogP contribution < -0.4 is 0 Å². The Bertz CT molecular complexity index is 167. The second kappa shape index (κ2) is 8.89. The molecule has 0 fully saturated rings. The fourth-order valence-corrected chi connectivity index (χ4v) is 1.24. The summed E-state index contributed by atoms with van der Waals surface area (Å²) in [5.74, 6) is 0. The topological polar surface area (TPSA) is 27.7 Å². The minimum Gasteiger partial charge on any atom is -0.379 e. The van der Waals surface area contributed by atoms with Crippen LogP contribution in [0.1, 0.15) is 54.4 Å². The van der Waals surface area contributed by atoms with Crippen LogP contribution in [0.4, 0.5) is 0 Å². The highest BCUT2D eigenvalue weighted by Gasteiger charge is 2.09. The number of ether oxygens (including phenoxy) is 3. The van der Waals surface area contributed by atoms with Crippen molar-refractivity contribution < 1.29 is 14.2 Å². The van der Waals surface area contributed by atoms with Crippen LogP contribution in [0, 0.1) is 5.41 Å². The lowest BCUT2D eigenvalue weighted by Gasteiger charge is -2.19. The zero-order valence-corrected chi connectivity index (χ0v) is 13.2. The van der Waals surface area contributed by atoms with Gasteiger partial charge in [0.2, 0.25) is 0 Å². The Morgan fingerprint density at radius 3 is 1.72 bits per heavy atom. The first-order valence-electron chi connectivity index (χ1n) is 7.00. The highest BCUT2D eigenvalue weighted by Crippen LogP contribution is 2.17. The lowest BCUT2D eigenvalue weighted by atomic mass is 9.93. The first-order valence-corrected chi connectivity index (χ1v) is 7.00. The second-order valence-electron chi connectivity index (χ2n) is 6.85. The minimum absolute atomic E-state index is 0.0456. The van der Waals surface area contributed by atoms with Gasteiger partial charge >= 0.3 is 0 Å². The molecule has 3 heteroatoms. The Hall–Kier alpha value is -0.120. The van der Waals surface area contributed by atoms with Crippen LogP contribution in [0.25, 0.3) is 0 Å². The van der Waals surface area contributed by atoms with Crippen LogP contribution in [-0.4, -0.2) is 38.6 Å². The monoisotopic (exact) mass is 260 g/mol. The highest BCUT2D eigenvalue weighted by atomic mass is 16.5. The van der Waals surface area contributed by atoms with Gasteiger partial charge < -0.3 is 14.2 Å². The zero-order valence-electron chi connectivity index (χ0n) is 13.2. The molecule has 0 saturated heterocycles. The Labute approximate surface area is 113 Å². The molecule has 0 aromatic heterocycles. The van der Waals surface area contributed by atoms with Gasteiger partial charge in [-0.2, -0.15) is 0 Å². The molecule has 0 aliphatic heterocycles.